The topological polar surface area (TPSA) is 50.3 Å². The van der Waals surface area contributed by atoms with E-state index in [2.05, 4.69) is 34.9 Å². The number of rotatable bonds is 7. The van der Waals surface area contributed by atoms with Crippen molar-refractivity contribution in [2.24, 2.45) is 12.8 Å². The van der Waals surface area contributed by atoms with Gasteiger partial charge in [0.25, 0.3) is 0 Å². The van der Waals surface area contributed by atoms with E-state index in [0.717, 1.165) is 32.5 Å². The number of nitrogens with two attached hydrogens (primary N) is 1. The molecule has 2 N–H and O–H groups in total. The Morgan fingerprint density at radius 2 is 1.90 bits per heavy atom. The average Bonchev–Trinajstić information content (AvgIpc) is 2.69. The summed E-state index contributed by atoms with van der Waals surface area (Å²) < 4.78 is 2.04. The van der Waals surface area contributed by atoms with E-state index in [1.807, 2.05) is 4.68 Å². The highest BCUT2D eigenvalue weighted by Crippen LogP contribution is 2.11. The van der Waals surface area contributed by atoms with Crippen molar-refractivity contribution in [1.82, 2.24) is 19.6 Å². The largest absolute Gasteiger partial charge is 0.330 e. The molecule has 0 aromatic carbocycles. The minimum Gasteiger partial charge on any atom is -0.330 e. The predicted molar refractivity (Wildman–Crippen MR) is 87.2 cm³/mol. The molecule has 2 rings (SSSR count). The SMILES string of the molecule is CCc1cc(CN2CCCN(CCCCN)CC2)n(C)n1. The number of hydrogen-bond donors (Lipinski definition) is 1. The maximum Gasteiger partial charge on any atom is 0.0625 e. The van der Waals surface area contributed by atoms with Gasteiger partial charge in [-0.15, -0.1) is 0 Å². The van der Waals surface area contributed by atoms with Crippen molar-refractivity contribution in [3.8, 4) is 0 Å². The van der Waals surface area contributed by atoms with Gasteiger partial charge in [-0.1, -0.05) is 6.92 Å². The van der Waals surface area contributed by atoms with Crippen LogP contribution in [-0.4, -0.2) is 58.8 Å². The summed E-state index contributed by atoms with van der Waals surface area (Å²) in [5.74, 6) is 0. The maximum atomic E-state index is 5.58. The van der Waals surface area contributed by atoms with Crippen LogP contribution in [0.25, 0.3) is 0 Å². The number of aryl methyl sites for hydroxylation is 2. The summed E-state index contributed by atoms with van der Waals surface area (Å²) in [7, 11) is 2.06. The minimum atomic E-state index is 0.820. The molecule has 0 saturated carbocycles. The smallest absolute Gasteiger partial charge is 0.0625 e. The zero-order valence-electron chi connectivity index (χ0n) is 13.7. The fourth-order valence-electron chi connectivity index (χ4n) is 3.01. The molecule has 21 heavy (non-hydrogen) atoms. The van der Waals surface area contributed by atoms with Crippen LogP contribution in [0.1, 0.15) is 37.6 Å². The second-order valence-corrected chi connectivity index (χ2v) is 6.07. The molecule has 0 spiro atoms. The van der Waals surface area contributed by atoms with Crippen molar-refractivity contribution >= 4 is 0 Å². The molecule has 0 amide bonds. The number of hydrogen-bond acceptors (Lipinski definition) is 4. The van der Waals surface area contributed by atoms with Gasteiger partial charge in [-0.3, -0.25) is 9.58 Å². The second-order valence-electron chi connectivity index (χ2n) is 6.07. The third-order valence-corrected chi connectivity index (χ3v) is 4.38. The Balaban J connectivity index is 1.81. The highest BCUT2D eigenvalue weighted by atomic mass is 15.3. The Hall–Kier alpha value is -0.910. The molecule has 2 heterocycles. The van der Waals surface area contributed by atoms with Crippen LogP contribution in [0.5, 0.6) is 0 Å². The van der Waals surface area contributed by atoms with E-state index < -0.39 is 0 Å². The Morgan fingerprint density at radius 1 is 1.14 bits per heavy atom. The van der Waals surface area contributed by atoms with Crippen LogP contribution in [0.15, 0.2) is 6.07 Å². The van der Waals surface area contributed by atoms with Gasteiger partial charge in [-0.25, -0.2) is 0 Å². The molecule has 1 saturated heterocycles. The zero-order valence-corrected chi connectivity index (χ0v) is 13.7. The molecule has 0 aliphatic carbocycles. The van der Waals surface area contributed by atoms with Gasteiger partial charge in [-0.05, 0) is 57.9 Å². The Kier molecular flexibility index (Phi) is 6.67. The second kappa shape index (κ2) is 8.51. The maximum absolute atomic E-state index is 5.58. The number of unbranched alkanes of at least 4 members (excludes halogenated alkanes) is 1. The Bertz CT molecular complexity index is 415. The van der Waals surface area contributed by atoms with Crippen molar-refractivity contribution in [3.05, 3.63) is 17.5 Å². The highest BCUT2D eigenvalue weighted by molar-refractivity contribution is 5.10. The van der Waals surface area contributed by atoms with Gasteiger partial charge in [0.15, 0.2) is 0 Å². The first-order valence-electron chi connectivity index (χ1n) is 8.39. The van der Waals surface area contributed by atoms with Gasteiger partial charge in [0.1, 0.15) is 0 Å². The molecule has 120 valence electrons. The van der Waals surface area contributed by atoms with Gasteiger partial charge in [-0.2, -0.15) is 5.10 Å². The zero-order chi connectivity index (χ0) is 15.1. The van der Waals surface area contributed by atoms with Gasteiger partial charge in [0.2, 0.25) is 0 Å². The number of aromatic nitrogens is 2. The van der Waals surface area contributed by atoms with Gasteiger partial charge in [0.05, 0.1) is 11.4 Å². The molecule has 1 fully saturated rings. The minimum absolute atomic E-state index is 0.820. The van der Waals surface area contributed by atoms with Crippen molar-refractivity contribution in [2.45, 2.75) is 39.2 Å². The van der Waals surface area contributed by atoms with E-state index in [9.17, 15) is 0 Å². The first kappa shape index (κ1) is 16.5. The number of nitrogens with zero attached hydrogens (tertiary/aromatic N) is 4. The van der Waals surface area contributed by atoms with Crippen molar-refractivity contribution in [2.75, 3.05) is 39.3 Å². The highest BCUT2D eigenvalue weighted by Gasteiger charge is 2.16. The molecule has 0 unspecified atom stereocenters. The van der Waals surface area contributed by atoms with Crippen LogP contribution in [0.3, 0.4) is 0 Å². The van der Waals surface area contributed by atoms with E-state index in [4.69, 9.17) is 5.73 Å². The van der Waals surface area contributed by atoms with E-state index in [1.165, 1.54) is 50.4 Å². The first-order valence-corrected chi connectivity index (χ1v) is 8.39. The van der Waals surface area contributed by atoms with Crippen LogP contribution in [0, 0.1) is 0 Å². The molecule has 1 aliphatic rings. The van der Waals surface area contributed by atoms with Crippen molar-refractivity contribution in [1.29, 1.82) is 0 Å². The normalized spacial score (nSPS) is 18.0. The van der Waals surface area contributed by atoms with E-state index >= 15 is 0 Å². The van der Waals surface area contributed by atoms with Gasteiger partial charge >= 0.3 is 0 Å². The monoisotopic (exact) mass is 293 g/mol. The molecular formula is C16H31N5. The lowest BCUT2D eigenvalue weighted by molar-refractivity contribution is 0.245. The summed E-state index contributed by atoms with van der Waals surface area (Å²) in [5.41, 5.74) is 8.11. The molecule has 1 aromatic rings. The third-order valence-electron chi connectivity index (χ3n) is 4.38. The molecule has 1 aliphatic heterocycles. The molecule has 0 bridgehead atoms. The molecule has 1 aromatic heterocycles. The molecule has 0 atom stereocenters. The van der Waals surface area contributed by atoms with Crippen LogP contribution >= 0.6 is 0 Å². The molecule has 0 radical (unpaired) electrons. The summed E-state index contributed by atoms with van der Waals surface area (Å²) in [5, 5.41) is 4.55. The van der Waals surface area contributed by atoms with E-state index in [1.54, 1.807) is 0 Å². The quantitative estimate of drug-likeness (QED) is 0.768. The lowest BCUT2D eigenvalue weighted by Gasteiger charge is -2.21. The Labute approximate surface area is 129 Å². The van der Waals surface area contributed by atoms with Crippen molar-refractivity contribution in [3.63, 3.8) is 0 Å². The van der Waals surface area contributed by atoms with Crippen LogP contribution in [-0.2, 0) is 20.0 Å². The summed E-state index contributed by atoms with van der Waals surface area (Å²) in [6.45, 7) is 9.99. The first-order chi connectivity index (χ1) is 10.2. The lowest BCUT2D eigenvalue weighted by Crippen LogP contribution is -2.31. The standard InChI is InChI=1S/C16H31N5/c1-3-15-13-16(19(2)18-15)14-21-10-6-9-20(11-12-21)8-5-4-7-17/h13H,3-12,14,17H2,1-2H3. The summed E-state index contributed by atoms with van der Waals surface area (Å²) >= 11 is 0. The molecule has 5 nitrogen and oxygen atoms in total. The van der Waals surface area contributed by atoms with Crippen LogP contribution in [0.4, 0.5) is 0 Å². The average molecular weight is 293 g/mol. The van der Waals surface area contributed by atoms with Gasteiger partial charge < -0.3 is 10.6 Å². The third kappa shape index (κ3) is 5.09. The molecule has 5 heteroatoms. The predicted octanol–water partition coefficient (Wildman–Crippen LogP) is 1.23. The van der Waals surface area contributed by atoms with Gasteiger partial charge in [0, 0.05) is 26.7 Å². The van der Waals surface area contributed by atoms with E-state index in [-0.39, 0.29) is 0 Å². The summed E-state index contributed by atoms with van der Waals surface area (Å²) in [6, 6.07) is 2.25. The Morgan fingerprint density at radius 3 is 2.62 bits per heavy atom. The fourth-order valence-corrected chi connectivity index (χ4v) is 3.01. The van der Waals surface area contributed by atoms with Crippen LogP contribution < -0.4 is 5.73 Å². The van der Waals surface area contributed by atoms with E-state index in [0.29, 0.717) is 0 Å². The summed E-state index contributed by atoms with van der Waals surface area (Å²) in [6.07, 6.45) is 4.66. The van der Waals surface area contributed by atoms with Crippen molar-refractivity contribution < 1.29 is 0 Å². The lowest BCUT2D eigenvalue weighted by atomic mass is 10.3. The molecular weight excluding hydrogens is 262 g/mol. The van der Waals surface area contributed by atoms with Crippen LogP contribution in [0.2, 0.25) is 0 Å². The fraction of sp³-hybridized carbons (Fsp3) is 0.812. The summed E-state index contributed by atoms with van der Waals surface area (Å²) in [4.78, 5) is 5.16.